The fourth-order valence-corrected chi connectivity index (χ4v) is 3.33. The SMILES string of the molecule is CCCN1C(=O)C(Nc2cc(OC)ccc2OC)=C(c2ccc(C)c(C)c2)C1=O. The van der Waals surface area contributed by atoms with E-state index >= 15 is 0 Å². The molecule has 0 radical (unpaired) electrons. The lowest BCUT2D eigenvalue weighted by Crippen LogP contribution is -2.33. The highest BCUT2D eigenvalue weighted by molar-refractivity contribution is 6.36. The molecule has 0 saturated carbocycles. The number of amides is 2. The summed E-state index contributed by atoms with van der Waals surface area (Å²) in [5.41, 5.74) is 4.08. The van der Waals surface area contributed by atoms with Crippen LogP contribution in [0.15, 0.2) is 42.1 Å². The molecule has 1 aliphatic rings. The van der Waals surface area contributed by atoms with Crippen LogP contribution >= 0.6 is 0 Å². The number of nitrogens with one attached hydrogen (secondary N) is 1. The highest BCUT2D eigenvalue weighted by Crippen LogP contribution is 2.35. The summed E-state index contributed by atoms with van der Waals surface area (Å²) in [6.45, 7) is 6.31. The molecule has 0 spiro atoms. The van der Waals surface area contributed by atoms with E-state index in [0.717, 1.165) is 16.7 Å². The van der Waals surface area contributed by atoms with Crippen molar-refractivity contribution < 1.29 is 19.1 Å². The monoisotopic (exact) mass is 394 g/mol. The highest BCUT2D eigenvalue weighted by Gasteiger charge is 2.39. The van der Waals surface area contributed by atoms with Crippen LogP contribution in [0.2, 0.25) is 0 Å². The molecular weight excluding hydrogens is 368 g/mol. The molecule has 29 heavy (non-hydrogen) atoms. The molecule has 2 aromatic rings. The lowest BCUT2D eigenvalue weighted by Gasteiger charge is -2.15. The summed E-state index contributed by atoms with van der Waals surface area (Å²) in [6, 6.07) is 11.0. The van der Waals surface area contributed by atoms with Crippen LogP contribution < -0.4 is 14.8 Å². The predicted molar refractivity (Wildman–Crippen MR) is 113 cm³/mol. The highest BCUT2D eigenvalue weighted by atomic mass is 16.5. The number of ether oxygens (including phenoxy) is 2. The second-order valence-corrected chi connectivity index (χ2v) is 7.00. The number of rotatable bonds is 7. The molecule has 1 N–H and O–H groups in total. The van der Waals surface area contributed by atoms with Crippen LogP contribution in [-0.4, -0.2) is 37.5 Å². The van der Waals surface area contributed by atoms with E-state index in [2.05, 4.69) is 5.32 Å². The van der Waals surface area contributed by atoms with Gasteiger partial charge in [0, 0.05) is 12.6 Å². The van der Waals surface area contributed by atoms with Crippen molar-refractivity contribution in [1.29, 1.82) is 0 Å². The number of carbonyl (C=O) groups is 2. The number of anilines is 1. The Kier molecular flexibility index (Phi) is 5.92. The number of benzene rings is 2. The zero-order chi connectivity index (χ0) is 21.1. The van der Waals surface area contributed by atoms with Gasteiger partial charge in [-0.15, -0.1) is 0 Å². The molecule has 0 fully saturated rings. The minimum Gasteiger partial charge on any atom is -0.497 e. The zero-order valence-electron chi connectivity index (χ0n) is 17.5. The van der Waals surface area contributed by atoms with Crippen molar-refractivity contribution >= 4 is 23.1 Å². The van der Waals surface area contributed by atoms with Gasteiger partial charge in [0.15, 0.2) is 0 Å². The first-order chi connectivity index (χ1) is 13.9. The largest absolute Gasteiger partial charge is 0.497 e. The number of aryl methyl sites for hydroxylation is 2. The zero-order valence-corrected chi connectivity index (χ0v) is 17.5. The molecule has 0 atom stereocenters. The molecular formula is C23H26N2O4. The van der Waals surface area contributed by atoms with E-state index in [4.69, 9.17) is 9.47 Å². The van der Waals surface area contributed by atoms with Crippen LogP contribution in [0.4, 0.5) is 5.69 Å². The number of nitrogens with zero attached hydrogens (tertiary/aromatic N) is 1. The fourth-order valence-electron chi connectivity index (χ4n) is 3.33. The van der Waals surface area contributed by atoms with Gasteiger partial charge in [0.05, 0.1) is 25.5 Å². The number of hydrogen-bond acceptors (Lipinski definition) is 5. The molecule has 0 aliphatic carbocycles. The van der Waals surface area contributed by atoms with E-state index < -0.39 is 0 Å². The van der Waals surface area contributed by atoms with Crippen LogP contribution in [0.1, 0.15) is 30.0 Å². The summed E-state index contributed by atoms with van der Waals surface area (Å²) in [5.74, 6) is 0.537. The summed E-state index contributed by atoms with van der Waals surface area (Å²) < 4.78 is 10.7. The summed E-state index contributed by atoms with van der Waals surface area (Å²) in [6.07, 6.45) is 0.688. The van der Waals surface area contributed by atoms with Crippen molar-refractivity contribution in [2.45, 2.75) is 27.2 Å². The molecule has 6 heteroatoms. The van der Waals surface area contributed by atoms with Crippen molar-refractivity contribution in [2.75, 3.05) is 26.1 Å². The molecule has 0 aromatic heterocycles. The molecule has 2 amide bonds. The molecule has 1 heterocycles. The minimum atomic E-state index is -0.338. The number of hydrogen-bond donors (Lipinski definition) is 1. The van der Waals surface area contributed by atoms with Gasteiger partial charge in [0.1, 0.15) is 17.2 Å². The molecule has 0 saturated heterocycles. The Balaban J connectivity index is 2.14. The summed E-state index contributed by atoms with van der Waals surface area (Å²) in [4.78, 5) is 27.5. The predicted octanol–water partition coefficient (Wildman–Crippen LogP) is 3.92. The summed E-state index contributed by atoms with van der Waals surface area (Å²) >= 11 is 0. The molecule has 1 aliphatic heterocycles. The van der Waals surface area contributed by atoms with E-state index in [0.29, 0.717) is 35.7 Å². The minimum absolute atomic E-state index is 0.248. The number of methoxy groups -OCH3 is 2. The van der Waals surface area contributed by atoms with E-state index in [1.54, 1.807) is 32.4 Å². The van der Waals surface area contributed by atoms with Crippen LogP contribution in [-0.2, 0) is 9.59 Å². The van der Waals surface area contributed by atoms with Crippen LogP contribution in [0, 0.1) is 13.8 Å². The second kappa shape index (κ2) is 8.39. The maximum Gasteiger partial charge on any atom is 0.278 e. The van der Waals surface area contributed by atoms with E-state index in [1.165, 1.54) is 4.90 Å². The van der Waals surface area contributed by atoms with Crippen LogP contribution in [0.3, 0.4) is 0 Å². The van der Waals surface area contributed by atoms with Gasteiger partial charge in [-0.05, 0) is 49.1 Å². The Morgan fingerprint density at radius 2 is 1.69 bits per heavy atom. The van der Waals surface area contributed by atoms with E-state index in [1.807, 2.05) is 39.0 Å². The van der Waals surface area contributed by atoms with Crippen molar-refractivity contribution in [2.24, 2.45) is 0 Å². The first-order valence-corrected chi connectivity index (χ1v) is 9.58. The van der Waals surface area contributed by atoms with Gasteiger partial charge in [0.25, 0.3) is 11.8 Å². The maximum atomic E-state index is 13.1. The van der Waals surface area contributed by atoms with Gasteiger partial charge in [0.2, 0.25) is 0 Å². The molecule has 0 bridgehead atoms. The smallest absolute Gasteiger partial charge is 0.278 e. The number of carbonyl (C=O) groups excluding carboxylic acids is 2. The first kappa shape index (κ1) is 20.5. The van der Waals surface area contributed by atoms with Gasteiger partial charge in [-0.1, -0.05) is 25.1 Å². The lowest BCUT2D eigenvalue weighted by atomic mass is 9.99. The summed E-state index contributed by atoms with van der Waals surface area (Å²) in [5, 5.41) is 3.15. The molecule has 0 unspecified atom stereocenters. The third kappa shape index (κ3) is 3.83. The molecule has 3 rings (SSSR count). The normalized spacial score (nSPS) is 13.9. The third-order valence-corrected chi connectivity index (χ3v) is 5.08. The maximum absolute atomic E-state index is 13.1. The van der Waals surface area contributed by atoms with Gasteiger partial charge in [-0.2, -0.15) is 0 Å². The average molecular weight is 394 g/mol. The Labute approximate surface area is 171 Å². The van der Waals surface area contributed by atoms with Crippen molar-refractivity contribution in [3.8, 4) is 11.5 Å². The Morgan fingerprint density at radius 1 is 0.931 bits per heavy atom. The Morgan fingerprint density at radius 3 is 2.31 bits per heavy atom. The van der Waals surface area contributed by atoms with Crippen LogP contribution in [0.25, 0.3) is 5.57 Å². The molecule has 6 nitrogen and oxygen atoms in total. The molecule has 152 valence electrons. The van der Waals surface area contributed by atoms with Crippen molar-refractivity contribution in [3.05, 3.63) is 58.8 Å². The van der Waals surface area contributed by atoms with Gasteiger partial charge in [-0.3, -0.25) is 14.5 Å². The third-order valence-electron chi connectivity index (χ3n) is 5.08. The lowest BCUT2D eigenvalue weighted by molar-refractivity contribution is -0.136. The van der Waals surface area contributed by atoms with Crippen molar-refractivity contribution in [3.63, 3.8) is 0 Å². The second-order valence-electron chi connectivity index (χ2n) is 7.00. The van der Waals surface area contributed by atoms with Gasteiger partial charge < -0.3 is 14.8 Å². The number of imide groups is 1. The Bertz CT molecular complexity index is 994. The van der Waals surface area contributed by atoms with Crippen molar-refractivity contribution in [1.82, 2.24) is 4.90 Å². The van der Waals surface area contributed by atoms with Crippen LogP contribution in [0.5, 0.6) is 11.5 Å². The topological polar surface area (TPSA) is 67.9 Å². The first-order valence-electron chi connectivity index (χ1n) is 9.58. The van der Waals surface area contributed by atoms with Gasteiger partial charge >= 0.3 is 0 Å². The van der Waals surface area contributed by atoms with E-state index in [-0.39, 0.29) is 17.5 Å². The quantitative estimate of drug-likeness (QED) is 0.721. The standard InChI is InChI=1S/C23H26N2O4/c1-6-11-25-22(26)20(16-8-7-14(2)15(3)12-16)21(23(25)27)24-18-13-17(28-4)9-10-19(18)29-5/h7-10,12-13,24H,6,11H2,1-5H3. The van der Waals surface area contributed by atoms with E-state index in [9.17, 15) is 9.59 Å². The molecule has 2 aromatic carbocycles. The summed E-state index contributed by atoms with van der Waals surface area (Å²) in [7, 11) is 3.12. The Hall–Kier alpha value is -3.28. The average Bonchev–Trinajstić information content (AvgIpc) is 2.94. The fraction of sp³-hybridized carbons (Fsp3) is 0.304. The van der Waals surface area contributed by atoms with Gasteiger partial charge in [-0.25, -0.2) is 0 Å².